The summed E-state index contributed by atoms with van der Waals surface area (Å²) in [7, 11) is 0. The summed E-state index contributed by atoms with van der Waals surface area (Å²) in [5, 5.41) is 167. The van der Waals surface area contributed by atoms with Gasteiger partial charge in [0.2, 0.25) is 11.8 Å². The van der Waals surface area contributed by atoms with E-state index in [-0.39, 0.29) is 6.61 Å². The lowest BCUT2D eigenvalue weighted by Gasteiger charge is -2.51. The molecule has 0 radical (unpaired) electrons. The van der Waals surface area contributed by atoms with Gasteiger partial charge in [0, 0.05) is 26.9 Å². The van der Waals surface area contributed by atoms with Gasteiger partial charge in [0.25, 0.3) is 5.79 Å². The Labute approximate surface area is 415 Å². The molecule has 5 aliphatic rings. The van der Waals surface area contributed by atoms with Crippen LogP contribution in [-0.4, -0.2) is 293 Å². The molecule has 19 N–H and O–H groups in total. The van der Waals surface area contributed by atoms with Gasteiger partial charge in [-0.05, 0) is 6.42 Å². The first-order valence-electron chi connectivity index (χ1n) is 23.4. The average molecular weight is 1070 g/mol. The number of nitrogens with one attached hydrogen (secondary N) is 2. The highest BCUT2D eigenvalue weighted by molar-refractivity contribution is 5.78. The van der Waals surface area contributed by atoms with Gasteiger partial charge >= 0.3 is 5.97 Å². The minimum atomic E-state index is -2.95. The molecule has 73 heavy (non-hydrogen) atoms. The Morgan fingerprint density at radius 2 is 1.15 bits per heavy atom. The number of hydrogen-bond acceptors (Lipinski definition) is 30. The van der Waals surface area contributed by atoms with Crippen molar-refractivity contribution in [3.63, 3.8) is 0 Å². The number of hydrogen-bond donors (Lipinski definition) is 18. The molecule has 5 saturated heterocycles. The van der Waals surface area contributed by atoms with Crippen LogP contribution < -0.4 is 16.5 Å². The van der Waals surface area contributed by atoms with E-state index < -0.39 is 216 Å². The Balaban J connectivity index is 1.52. The fraction of sp³-hybridized carbons (Fsp3) is 0.927. The van der Waals surface area contributed by atoms with E-state index in [1.54, 1.807) is 0 Å². The highest BCUT2D eigenvalue weighted by Gasteiger charge is 2.60. The summed E-state index contributed by atoms with van der Waals surface area (Å²) in [6, 6.07) is -3.49. The molecule has 0 saturated carbocycles. The number of carbonyl (C=O) groups excluding carboxylic acids is 3. The Kier molecular flexibility index (Phi) is 22.7. The van der Waals surface area contributed by atoms with Crippen LogP contribution in [0.3, 0.4) is 0 Å². The van der Waals surface area contributed by atoms with Crippen molar-refractivity contribution in [1.82, 2.24) is 10.6 Å². The number of aliphatic hydroxyl groups is 15. The predicted octanol–water partition coefficient (Wildman–Crippen LogP) is -11.3. The van der Waals surface area contributed by atoms with E-state index in [1.807, 2.05) is 6.92 Å². The largest absolute Gasteiger partial charge is 0.394 e. The van der Waals surface area contributed by atoms with Crippen molar-refractivity contribution < 1.29 is 143 Å². The van der Waals surface area contributed by atoms with Gasteiger partial charge in [-0.3, -0.25) is 9.59 Å². The maximum absolute atomic E-state index is 13.5. The van der Waals surface area contributed by atoms with Gasteiger partial charge in [-0.1, -0.05) is 13.3 Å². The Morgan fingerprint density at radius 1 is 0.630 bits per heavy atom. The number of nitrogens with two attached hydrogens (primary N) is 1. The highest BCUT2D eigenvalue weighted by atomic mass is 16.8. The molecule has 5 heterocycles. The Bertz CT molecular complexity index is 1740. The van der Waals surface area contributed by atoms with E-state index in [4.69, 9.17) is 53.3 Å². The first kappa shape index (κ1) is 61.2. The molecule has 32 nitrogen and oxygen atoms in total. The third-order valence-electron chi connectivity index (χ3n) is 12.9. The van der Waals surface area contributed by atoms with Gasteiger partial charge in [-0.2, -0.15) is 5.90 Å². The van der Waals surface area contributed by atoms with Crippen LogP contribution in [0.5, 0.6) is 0 Å². The van der Waals surface area contributed by atoms with E-state index in [1.165, 1.54) is 0 Å². The lowest BCUT2D eigenvalue weighted by atomic mass is 9.88. The number of unbranched alkanes of at least 4 members (excludes halogenated alkanes) is 1. The number of aliphatic hydroxyl groups excluding tert-OH is 15. The Hall–Kier alpha value is -2.63. The van der Waals surface area contributed by atoms with E-state index in [0.29, 0.717) is 12.8 Å². The third-order valence-corrected chi connectivity index (χ3v) is 12.9. The van der Waals surface area contributed by atoms with E-state index in [9.17, 15) is 91.0 Å². The van der Waals surface area contributed by atoms with Crippen LogP contribution >= 0.6 is 0 Å². The van der Waals surface area contributed by atoms with Crippen LogP contribution in [0.1, 0.15) is 40.0 Å². The summed E-state index contributed by atoms with van der Waals surface area (Å²) in [5.41, 5.74) is 0. The second-order valence-electron chi connectivity index (χ2n) is 18.2. The smallest absolute Gasteiger partial charge is 0.385 e. The van der Waals surface area contributed by atoms with Crippen LogP contribution in [0.25, 0.3) is 0 Å². The third kappa shape index (κ3) is 13.9. The van der Waals surface area contributed by atoms with Crippen molar-refractivity contribution >= 4 is 17.8 Å². The minimum Gasteiger partial charge on any atom is -0.394 e. The lowest BCUT2D eigenvalue weighted by Crippen LogP contribution is -2.71. The molecule has 32 heteroatoms. The van der Waals surface area contributed by atoms with Crippen LogP contribution in [0.4, 0.5) is 0 Å². The van der Waals surface area contributed by atoms with Gasteiger partial charge in [-0.25, -0.2) is 4.79 Å². The quantitative estimate of drug-likeness (QED) is 0.0354. The van der Waals surface area contributed by atoms with Crippen molar-refractivity contribution in [2.75, 3.05) is 39.6 Å². The molecule has 26 atom stereocenters. The lowest BCUT2D eigenvalue weighted by molar-refractivity contribution is -0.384. The summed E-state index contributed by atoms with van der Waals surface area (Å²) in [6.07, 6.45) is -44.5. The van der Waals surface area contributed by atoms with Gasteiger partial charge in [0.05, 0.1) is 45.2 Å². The molecule has 0 spiro atoms. The maximum Gasteiger partial charge on any atom is 0.385 e. The monoisotopic (exact) mass is 1070 g/mol. The van der Waals surface area contributed by atoms with Crippen molar-refractivity contribution in [1.29, 1.82) is 0 Å². The van der Waals surface area contributed by atoms with Gasteiger partial charge < -0.3 is 139 Å². The average Bonchev–Trinajstić information content (AvgIpc) is 3.36. The van der Waals surface area contributed by atoms with Crippen LogP contribution in [0, 0.1) is 0 Å². The minimum absolute atomic E-state index is 0.106. The zero-order valence-electron chi connectivity index (χ0n) is 39.8. The number of rotatable bonds is 22. The molecular formula is C41H71N3O29. The molecule has 14 unspecified atom stereocenters. The molecule has 0 bridgehead atoms. The number of carbonyl (C=O) groups is 3. The van der Waals surface area contributed by atoms with Crippen LogP contribution in [0.2, 0.25) is 0 Å². The molecule has 0 aromatic heterocycles. The number of amides is 2. The summed E-state index contributed by atoms with van der Waals surface area (Å²) in [4.78, 5) is 42.9. The van der Waals surface area contributed by atoms with E-state index >= 15 is 0 Å². The topological polar surface area (TPSA) is 506 Å². The molecule has 424 valence electrons. The molecule has 5 fully saturated rings. The van der Waals surface area contributed by atoms with Crippen LogP contribution in [0.15, 0.2) is 0 Å². The van der Waals surface area contributed by atoms with Gasteiger partial charge in [-0.15, -0.1) is 0 Å². The molecule has 5 rings (SSSR count). The fourth-order valence-corrected chi connectivity index (χ4v) is 8.97. The highest BCUT2D eigenvalue weighted by Crippen LogP contribution is 2.38. The first-order valence-corrected chi connectivity index (χ1v) is 23.4. The predicted molar refractivity (Wildman–Crippen MR) is 228 cm³/mol. The van der Waals surface area contributed by atoms with Gasteiger partial charge in [0.15, 0.2) is 25.2 Å². The summed E-state index contributed by atoms with van der Waals surface area (Å²) < 4.78 is 58.0. The second kappa shape index (κ2) is 27.1. The molecule has 0 aliphatic carbocycles. The standard InChI is InChI=1S/C41H71N3O29/c1-4-5-6-63-37-30(60)28(58)32(19(11-48)67-37)69-39-31(61)35(25(55)18(10-47)66-39)71-36-22(44-14(3)50)33(70-38-29(59)27(57)24(54)17(9-46)65-38)26(56)20(68-36)12-64-41(40(62)73-42)7-15(51)21(43-13(2)49)34(72-41)23(53)16(52)8-45/h15-39,45-48,51-61H,4-12,42H2,1-3H3,(H,43,49)(H,44,50)/t15?,16-,17?,18?,19?,20?,21-,22?,23-,24+,25+,26-,27?,28?,29?,30?,31?,32-,33?,34?,35?,36+,37-,38+,39+,41-/m1/s1. The molecular weight excluding hydrogens is 998 g/mol. The molecule has 5 aliphatic heterocycles. The summed E-state index contributed by atoms with van der Waals surface area (Å²) in [6.45, 7) is -1.11. The second-order valence-corrected chi connectivity index (χ2v) is 18.2. The fourth-order valence-electron chi connectivity index (χ4n) is 8.97. The number of ether oxygens (including phenoxy) is 10. The van der Waals surface area contributed by atoms with Crippen molar-refractivity contribution in [2.24, 2.45) is 5.90 Å². The molecule has 0 aromatic carbocycles. The van der Waals surface area contributed by atoms with Crippen molar-refractivity contribution in [3.05, 3.63) is 0 Å². The summed E-state index contributed by atoms with van der Waals surface area (Å²) in [5.74, 6) is -1.05. The van der Waals surface area contributed by atoms with Crippen LogP contribution in [-0.2, 0) is 66.6 Å². The normalized spacial score (nSPS) is 44.2. The molecule has 0 aromatic rings. The van der Waals surface area contributed by atoms with E-state index in [0.717, 1.165) is 13.8 Å². The van der Waals surface area contributed by atoms with E-state index in [2.05, 4.69) is 15.5 Å². The van der Waals surface area contributed by atoms with Crippen molar-refractivity contribution in [2.45, 2.75) is 199 Å². The zero-order valence-corrected chi connectivity index (χ0v) is 39.8. The molecule has 2 amide bonds. The maximum atomic E-state index is 13.5. The van der Waals surface area contributed by atoms with Gasteiger partial charge in [0.1, 0.15) is 116 Å². The van der Waals surface area contributed by atoms with Crippen molar-refractivity contribution in [3.8, 4) is 0 Å². The summed E-state index contributed by atoms with van der Waals surface area (Å²) >= 11 is 0. The zero-order chi connectivity index (χ0) is 54.2. The SMILES string of the molecule is CCCCO[C@@H]1OC(CO)[C@@H](O[C@@H]2OC(CO)[C@H](O)C(O[C@@H]3OC(CO[C@]4(C(=O)ON)CC(O)[C@@H](NC(C)=O)C([C@H](O)[C@H](O)CO)O4)[C@@H](O)C(O[C@@H]4OC(CO)[C@H](O)C(O)C4O)C3NC(C)=O)C2O)C(O)C1O. The first-order chi connectivity index (χ1) is 34.5. The Morgan fingerprint density at radius 3 is 1.73 bits per heavy atom.